The van der Waals surface area contributed by atoms with Crippen LogP contribution in [0.25, 0.3) is 6.08 Å². The van der Waals surface area contributed by atoms with Crippen LogP contribution in [0.5, 0.6) is 5.75 Å². The van der Waals surface area contributed by atoms with Crippen molar-refractivity contribution in [2.24, 2.45) is 12.0 Å². The van der Waals surface area contributed by atoms with Crippen molar-refractivity contribution in [2.45, 2.75) is 26.8 Å². The molecule has 0 amide bonds. The molecule has 0 saturated heterocycles. The average molecular weight is 453 g/mol. The number of hydrogen-bond acceptors (Lipinski definition) is 7. The van der Waals surface area contributed by atoms with Gasteiger partial charge in [0, 0.05) is 18.3 Å². The molecule has 3 aromatic rings. The van der Waals surface area contributed by atoms with E-state index in [1.807, 2.05) is 39.1 Å². The van der Waals surface area contributed by atoms with Crippen molar-refractivity contribution in [1.29, 1.82) is 0 Å². The fourth-order valence-corrected chi connectivity index (χ4v) is 4.95. The molecular weight excluding hydrogens is 428 g/mol. The third-order valence-corrected chi connectivity index (χ3v) is 6.68. The van der Waals surface area contributed by atoms with Gasteiger partial charge < -0.3 is 9.47 Å². The molecule has 0 spiro atoms. The second-order valence-electron chi connectivity index (χ2n) is 7.55. The fourth-order valence-electron chi connectivity index (χ4n) is 3.92. The number of aromatic nitrogens is 3. The summed E-state index contributed by atoms with van der Waals surface area (Å²) in [5.74, 6) is 0.171. The van der Waals surface area contributed by atoms with Crippen LogP contribution in [0, 0.1) is 13.8 Å². The van der Waals surface area contributed by atoms with Crippen molar-refractivity contribution in [3.63, 3.8) is 0 Å². The van der Waals surface area contributed by atoms with E-state index in [1.165, 1.54) is 18.4 Å². The first kappa shape index (κ1) is 21.8. The standard InChI is InChI=1S/C23H24N4O4S/c1-12-17(14(3)26(4)25-12)11-18-21(28)27-20(15-7-9-16(30-5)10-8-15)19(22(29)31-6)13(2)24-23(27)32-18/h7-11,20H,1-6H3/b18-11+/t20-/m0/s1. The Bertz CT molecular complexity index is 1420. The first-order chi connectivity index (χ1) is 15.3. The second kappa shape index (κ2) is 8.23. The summed E-state index contributed by atoms with van der Waals surface area (Å²) in [6.07, 6.45) is 1.85. The second-order valence-corrected chi connectivity index (χ2v) is 8.56. The van der Waals surface area contributed by atoms with E-state index < -0.39 is 12.0 Å². The van der Waals surface area contributed by atoms with E-state index in [1.54, 1.807) is 35.4 Å². The van der Waals surface area contributed by atoms with Gasteiger partial charge in [0.2, 0.25) is 0 Å². The van der Waals surface area contributed by atoms with Crippen LogP contribution in [-0.4, -0.2) is 34.5 Å². The topological polar surface area (TPSA) is 87.7 Å². The Balaban J connectivity index is 1.99. The van der Waals surface area contributed by atoms with E-state index in [0.717, 1.165) is 22.5 Å². The average Bonchev–Trinajstić information content (AvgIpc) is 3.22. The van der Waals surface area contributed by atoms with Gasteiger partial charge in [0.1, 0.15) is 5.75 Å². The molecule has 0 bridgehead atoms. The molecule has 2 aromatic heterocycles. The molecule has 9 heteroatoms. The summed E-state index contributed by atoms with van der Waals surface area (Å²) in [5.41, 5.74) is 4.13. The van der Waals surface area contributed by atoms with Crippen LogP contribution in [0.3, 0.4) is 0 Å². The van der Waals surface area contributed by atoms with Gasteiger partial charge >= 0.3 is 5.97 Å². The number of aryl methyl sites for hydroxylation is 2. The smallest absolute Gasteiger partial charge is 0.338 e. The molecule has 166 valence electrons. The number of fused-ring (bicyclic) bond motifs is 1. The summed E-state index contributed by atoms with van der Waals surface area (Å²) in [6, 6.07) is 6.65. The highest BCUT2D eigenvalue weighted by molar-refractivity contribution is 7.07. The zero-order valence-electron chi connectivity index (χ0n) is 18.8. The molecule has 0 saturated carbocycles. The van der Waals surface area contributed by atoms with Crippen molar-refractivity contribution >= 4 is 23.4 Å². The molecule has 1 aromatic carbocycles. The monoisotopic (exact) mass is 452 g/mol. The van der Waals surface area contributed by atoms with Gasteiger partial charge in [-0.3, -0.25) is 14.0 Å². The molecule has 0 radical (unpaired) electrons. The molecule has 3 heterocycles. The van der Waals surface area contributed by atoms with E-state index in [4.69, 9.17) is 9.47 Å². The molecule has 0 aliphatic carbocycles. The predicted octanol–water partition coefficient (Wildman–Crippen LogP) is 1.77. The van der Waals surface area contributed by atoms with Gasteiger partial charge in [-0.15, -0.1) is 0 Å². The summed E-state index contributed by atoms with van der Waals surface area (Å²) in [6.45, 7) is 5.63. The highest BCUT2D eigenvalue weighted by Gasteiger charge is 2.33. The van der Waals surface area contributed by atoms with E-state index >= 15 is 0 Å². The number of benzene rings is 1. The Morgan fingerprint density at radius 1 is 1.16 bits per heavy atom. The number of ether oxygens (including phenoxy) is 2. The van der Waals surface area contributed by atoms with Crippen molar-refractivity contribution in [2.75, 3.05) is 14.2 Å². The number of allylic oxidation sites excluding steroid dienone is 1. The molecule has 0 unspecified atom stereocenters. The van der Waals surface area contributed by atoms with Gasteiger partial charge in [-0.25, -0.2) is 9.79 Å². The van der Waals surface area contributed by atoms with Crippen LogP contribution in [0.1, 0.15) is 35.5 Å². The minimum atomic E-state index is -0.650. The number of thiazole rings is 1. The highest BCUT2D eigenvalue weighted by atomic mass is 32.1. The van der Waals surface area contributed by atoms with Crippen LogP contribution in [-0.2, 0) is 16.6 Å². The number of methoxy groups -OCH3 is 2. The van der Waals surface area contributed by atoms with E-state index in [2.05, 4.69) is 10.1 Å². The maximum atomic E-state index is 13.6. The van der Waals surface area contributed by atoms with Crippen LogP contribution in [0.2, 0.25) is 0 Å². The molecule has 1 atom stereocenters. The lowest BCUT2D eigenvalue weighted by Crippen LogP contribution is -2.39. The minimum absolute atomic E-state index is 0.217. The lowest BCUT2D eigenvalue weighted by atomic mass is 9.96. The molecule has 1 aliphatic heterocycles. The van der Waals surface area contributed by atoms with Gasteiger partial charge in [-0.1, -0.05) is 23.5 Å². The Kier molecular flexibility index (Phi) is 5.60. The summed E-state index contributed by atoms with van der Waals surface area (Å²) < 4.78 is 14.2. The molecule has 1 aliphatic rings. The van der Waals surface area contributed by atoms with Gasteiger partial charge in [0.05, 0.1) is 41.8 Å². The Hall–Kier alpha value is -3.46. The maximum absolute atomic E-state index is 13.6. The van der Waals surface area contributed by atoms with E-state index in [9.17, 15) is 9.59 Å². The van der Waals surface area contributed by atoms with Crippen LogP contribution in [0.4, 0.5) is 0 Å². The SMILES string of the molecule is COC(=O)C1=C(C)N=c2s/c(=C/c3c(C)nn(C)c3C)c(=O)n2[C@H]1c1ccc(OC)cc1. The Morgan fingerprint density at radius 2 is 1.84 bits per heavy atom. The molecular formula is C23H24N4O4S. The molecule has 4 rings (SSSR count). The van der Waals surface area contributed by atoms with Gasteiger partial charge in [-0.2, -0.15) is 5.10 Å². The molecule has 0 N–H and O–H groups in total. The van der Waals surface area contributed by atoms with Crippen LogP contribution < -0.4 is 19.6 Å². The number of esters is 1. The van der Waals surface area contributed by atoms with E-state index in [0.29, 0.717) is 26.4 Å². The van der Waals surface area contributed by atoms with Crippen molar-refractivity contribution < 1.29 is 14.3 Å². The fraction of sp³-hybridized carbons (Fsp3) is 0.304. The number of nitrogens with zero attached hydrogens (tertiary/aromatic N) is 4. The van der Waals surface area contributed by atoms with Crippen LogP contribution in [0.15, 0.2) is 45.3 Å². The molecule has 32 heavy (non-hydrogen) atoms. The number of rotatable bonds is 4. The number of carbonyl (C=O) groups excluding carboxylic acids is 1. The largest absolute Gasteiger partial charge is 0.497 e. The van der Waals surface area contributed by atoms with Gasteiger partial charge in [0.25, 0.3) is 5.56 Å². The molecule has 0 fully saturated rings. The Labute approximate surface area is 188 Å². The van der Waals surface area contributed by atoms with Gasteiger partial charge in [0.15, 0.2) is 4.80 Å². The number of carbonyl (C=O) groups is 1. The summed E-state index contributed by atoms with van der Waals surface area (Å²) in [4.78, 5) is 31.4. The highest BCUT2D eigenvalue weighted by Crippen LogP contribution is 2.31. The first-order valence-corrected chi connectivity index (χ1v) is 10.8. The van der Waals surface area contributed by atoms with Crippen molar-refractivity contribution in [3.05, 3.63) is 77.7 Å². The van der Waals surface area contributed by atoms with Crippen molar-refractivity contribution in [3.8, 4) is 5.75 Å². The van der Waals surface area contributed by atoms with Crippen molar-refractivity contribution in [1.82, 2.24) is 14.3 Å². The summed E-state index contributed by atoms with van der Waals surface area (Å²) >= 11 is 1.29. The normalized spacial score (nSPS) is 16.1. The number of hydrogen-bond donors (Lipinski definition) is 0. The van der Waals surface area contributed by atoms with Crippen LogP contribution >= 0.6 is 11.3 Å². The predicted molar refractivity (Wildman–Crippen MR) is 121 cm³/mol. The zero-order chi connectivity index (χ0) is 23.2. The molecule has 8 nitrogen and oxygen atoms in total. The quantitative estimate of drug-likeness (QED) is 0.563. The summed E-state index contributed by atoms with van der Waals surface area (Å²) in [5, 5.41) is 4.43. The maximum Gasteiger partial charge on any atom is 0.338 e. The lowest BCUT2D eigenvalue weighted by molar-refractivity contribution is -0.136. The van der Waals surface area contributed by atoms with E-state index in [-0.39, 0.29) is 5.56 Å². The first-order valence-electron chi connectivity index (χ1n) is 10.0. The lowest BCUT2D eigenvalue weighted by Gasteiger charge is -2.24. The van der Waals surface area contributed by atoms with Gasteiger partial charge in [-0.05, 0) is 44.5 Å². The zero-order valence-corrected chi connectivity index (χ0v) is 19.6. The third-order valence-electron chi connectivity index (χ3n) is 5.70. The third kappa shape index (κ3) is 3.48. The summed E-state index contributed by atoms with van der Waals surface area (Å²) in [7, 11) is 4.79. The Morgan fingerprint density at radius 3 is 2.41 bits per heavy atom. The minimum Gasteiger partial charge on any atom is -0.497 e.